The van der Waals surface area contributed by atoms with Crippen LogP contribution in [0.15, 0.2) is 60.9 Å². The number of nitrogens with zero attached hydrogens (tertiary/aromatic N) is 4. The van der Waals surface area contributed by atoms with E-state index in [2.05, 4.69) is 9.97 Å². The number of anilines is 1. The lowest BCUT2D eigenvalue weighted by molar-refractivity contribution is -0.117. The zero-order chi connectivity index (χ0) is 20.9. The molecule has 0 bridgehead atoms. The average molecular weight is 421 g/mol. The number of aromatic nitrogens is 2. The number of hydrogen-bond acceptors (Lipinski definition) is 6. The molecule has 150 valence electrons. The zero-order valence-electron chi connectivity index (χ0n) is 15.9. The molecule has 30 heavy (non-hydrogen) atoms. The third-order valence-electron chi connectivity index (χ3n) is 4.66. The largest absolute Gasteiger partial charge is 0.479 e. The SMILES string of the molecule is N#CCOc1cccc(C2CCC(=O)N2c2cnc(Oc3ccc(Cl)cc3)cn2)c1. The maximum atomic E-state index is 12.6. The Morgan fingerprint density at radius 2 is 1.97 bits per heavy atom. The van der Waals surface area contributed by atoms with Crippen LogP contribution in [0.25, 0.3) is 0 Å². The summed E-state index contributed by atoms with van der Waals surface area (Å²) < 4.78 is 11.0. The number of hydrogen-bond donors (Lipinski definition) is 0. The van der Waals surface area contributed by atoms with E-state index >= 15 is 0 Å². The first-order valence-corrected chi connectivity index (χ1v) is 9.69. The van der Waals surface area contributed by atoms with Gasteiger partial charge in [-0.1, -0.05) is 23.7 Å². The number of ether oxygens (including phenoxy) is 2. The molecule has 1 aromatic heterocycles. The van der Waals surface area contributed by atoms with E-state index in [1.54, 1.807) is 35.2 Å². The van der Waals surface area contributed by atoms with Crippen LogP contribution in [-0.2, 0) is 4.79 Å². The van der Waals surface area contributed by atoms with Crippen LogP contribution in [0.2, 0.25) is 5.02 Å². The fourth-order valence-electron chi connectivity index (χ4n) is 3.32. The second kappa shape index (κ2) is 8.80. The Morgan fingerprint density at radius 1 is 1.13 bits per heavy atom. The van der Waals surface area contributed by atoms with Gasteiger partial charge in [0.15, 0.2) is 12.4 Å². The number of carbonyl (C=O) groups excluding carboxylic acids is 1. The molecule has 7 nitrogen and oxygen atoms in total. The average Bonchev–Trinajstić information content (AvgIpc) is 3.16. The fraction of sp³-hybridized carbons (Fsp3) is 0.182. The molecule has 0 aliphatic carbocycles. The van der Waals surface area contributed by atoms with Gasteiger partial charge in [-0.25, -0.2) is 9.97 Å². The highest BCUT2D eigenvalue weighted by molar-refractivity contribution is 6.30. The predicted molar refractivity (Wildman–Crippen MR) is 111 cm³/mol. The molecule has 1 saturated heterocycles. The van der Waals surface area contributed by atoms with Gasteiger partial charge in [-0.05, 0) is 48.4 Å². The predicted octanol–water partition coefficient (Wildman–Crippen LogP) is 4.69. The normalized spacial score (nSPS) is 15.7. The van der Waals surface area contributed by atoms with E-state index in [-0.39, 0.29) is 18.6 Å². The lowest BCUT2D eigenvalue weighted by Gasteiger charge is -2.24. The molecule has 8 heteroatoms. The summed E-state index contributed by atoms with van der Waals surface area (Å²) in [6.07, 6.45) is 4.08. The molecule has 1 unspecified atom stereocenters. The van der Waals surface area contributed by atoms with Crippen molar-refractivity contribution in [2.24, 2.45) is 0 Å². The van der Waals surface area contributed by atoms with Gasteiger partial charge < -0.3 is 9.47 Å². The molecule has 0 saturated carbocycles. The highest BCUT2D eigenvalue weighted by Crippen LogP contribution is 2.37. The Hall–Kier alpha value is -3.63. The third kappa shape index (κ3) is 4.34. The molecular weight excluding hydrogens is 404 g/mol. The van der Waals surface area contributed by atoms with Gasteiger partial charge in [-0.3, -0.25) is 9.69 Å². The summed E-state index contributed by atoms with van der Waals surface area (Å²) in [5, 5.41) is 9.32. The van der Waals surface area contributed by atoms with Gasteiger partial charge in [0.1, 0.15) is 17.6 Å². The van der Waals surface area contributed by atoms with Crippen molar-refractivity contribution in [3.05, 3.63) is 71.5 Å². The number of halogens is 1. The van der Waals surface area contributed by atoms with E-state index in [9.17, 15) is 4.79 Å². The summed E-state index contributed by atoms with van der Waals surface area (Å²) in [6, 6.07) is 16.1. The van der Waals surface area contributed by atoms with Crippen LogP contribution in [0.4, 0.5) is 5.82 Å². The number of carbonyl (C=O) groups is 1. The number of rotatable bonds is 6. The quantitative estimate of drug-likeness (QED) is 0.574. The van der Waals surface area contributed by atoms with Crippen LogP contribution < -0.4 is 14.4 Å². The minimum atomic E-state index is -0.180. The molecular formula is C22H17ClN4O3. The minimum Gasteiger partial charge on any atom is -0.479 e. The van der Waals surface area contributed by atoms with Crippen LogP contribution in [0, 0.1) is 11.3 Å². The van der Waals surface area contributed by atoms with Crippen LogP contribution in [0.1, 0.15) is 24.4 Å². The fourth-order valence-corrected chi connectivity index (χ4v) is 3.45. The van der Waals surface area contributed by atoms with Crippen molar-refractivity contribution >= 4 is 23.3 Å². The monoisotopic (exact) mass is 420 g/mol. The number of benzene rings is 2. The van der Waals surface area contributed by atoms with Crippen molar-refractivity contribution in [2.75, 3.05) is 11.5 Å². The van der Waals surface area contributed by atoms with Gasteiger partial charge in [-0.15, -0.1) is 0 Å². The molecule has 1 amide bonds. The first-order valence-electron chi connectivity index (χ1n) is 9.31. The molecule has 2 heterocycles. The van der Waals surface area contributed by atoms with Gasteiger partial charge in [-0.2, -0.15) is 5.26 Å². The summed E-state index contributed by atoms with van der Waals surface area (Å²) in [4.78, 5) is 22.9. The lowest BCUT2D eigenvalue weighted by atomic mass is 10.0. The smallest absolute Gasteiger partial charge is 0.237 e. The standard InChI is InChI=1S/C22H17ClN4O3/c23-16-4-6-17(7-5-16)30-21-14-25-20(13-26-21)27-19(8-9-22(27)28)15-2-1-3-18(12-15)29-11-10-24/h1-7,12-14,19H,8-9,11H2. The zero-order valence-corrected chi connectivity index (χ0v) is 16.6. The molecule has 4 rings (SSSR count). The van der Waals surface area contributed by atoms with Crippen LogP contribution >= 0.6 is 11.6 Å². The van der Waals surface area contributed by atoms with Crippen LogP contribution in [-0.4, -0.2) is 22.5 Å². The Balaban J connectivity index is 1.53. The van der Waals surface area contributed by atoms with Crippen LogP contribution in [0.5, 0.6) is 17.4 Å². The number of amides is 1. The molecule has 1 atom stereocenters. The van der Waals surface area contributed by atoms with E-state index in [0.717, 1.165) is 5.56 Å². The topological polar surface area (TPSA) is 88.3 Å². The van der Waals surface area contributed by atoms with E-state index in [4.69, 9.17) is 26.3 Å². The van der Waals surface area contributed by atoms with Gasteiger partial charge >= 0.3 is 0 Å². The van der Waals surface area contributed by atoms with Crippen molar-refractivity contribution < 1.29 is 14.3 Å². The molecule has 1 aliphatic heterocycles. The second-order valence-electron chi connectivity index (χ2n) is 6.61. The third-order valence-corrected chi connectivity index (χ3v) is 4.91. The highest BCUT2D eigenvalue weighted by atomic mass is 35.5. The van der Waals surface area contributed by atoms with E-state index < -0.39 is 0 Å². The van der Waals surface area contributed by atoms with E-state index in [1.165, 1.54) is 12.4 Å². The molecule has 3 aromatic rings. The minimum absolute atomic E-state index is 0.0241. The van der Waals surface area contributed by atoms with Crippen LogP contribution in [0.3, 0.4) is 0 Å². The summed E-state index contributed by atoms with van der Waals surface area (Å²) in [7, 11) is 0. The molecule has 1 fully saturated rings. The van der Waals surface area contributed by atoms with Gasteiger partial charge in [0.25, 0.3) is 0 Å². The van der Waals surface area contributed by atoms with Crippen molar-refractivity contribution in [3.63, 3.8) is 0 Å². The van der Waals surface area contributed by atoms with E-state index in [1.807, 2.05) is 24.3 Å². The Morgan fingerprint density at radius 3 is 2.70 bits per heavy atom. The molecule has 0 N–H and O–H groups in total. The van der Waals surface area contributed by atoms with Crippen molar-refractivity contribution in [1.29, 1.82) is 5.26 Å². The van der Waals surface area contributed by atoms with Gasteiger partial charge in [0.2, 0.25) is 11.8 Å². The second-order valence-corrected chi connectivity index (χ2v) is 7.04. The summed E-state index contributed by atoms with van der Waals surface area (Å²) in [5.74, 6) is 1.92. The molecule has 0 radical (unpaired) electrons. The maximum absolute atomic E-state index is 12.6. The molecule has 2 aromatic carbocycles. The summed E-state index contributed by atoms with van der Waals surface area (Å²) in [6.45, 7) is -0.0304. The Labute approximate surface area is 178 Å². The number of nitriles is 1. The van der Waals surface area contributed by atoms with Crippen molar-refractivity contribution in [2.45, 2.75) is 18.9 Å². The van der Waals surface area contributed by atoms with Crippen molar-refractivity contribution in [3.8, 4) is 23.4 Å². The lowest BCUT2D eigenvalue weighted by Crippen LogP contribution is -2.28. The summed E-state index contributed by atoms with van der Waals surface area (Å²) in [5.41, 5.74) is 0.916. The first-order chi connectivity index (χ1) is 14.6. The van der Waals surface area contributed by atoms with Crippen molar-refractivity contribution in [1.82, 2.24) is 9.97 Å². The Kier molecular flexibility index (Phi) is 5.77. The molecule has 1 aliphatic rings. The molecule has 0 spiro atoms. The summed E-state index contributed by atoms with van der Waals surface area (Å²) >= 11 is 5.88. The Bertz CT molecular complexity index is 1080. The highest BCUT2D eigenvalue weighted by Gasteiger charge is 2.34. The maximum Gasteiger partial charge on any atom is 0.237 e. The first kappa shape index (κ1) is 19.7. The van der Waals surface area contributed by atoms with Gasteiger partial charge in [0.05, 0.1) is 18.4 Å². The van der Waals surface area contributed by atoms with Gasteiger partial charge in [0, 0.05) is 11.4 Å². The van der Waals surface area contributed by atoms with E-state index in [0.29, 0.717) is 41.1 Å².